The summed E-state index contributed by atoms with van der Waals surface area (Å²) in [5.41, 5.74) is 6.91. The normalized spacial score (nSPS) is 15.0. The van der Waals surface area contributed by atoms with E-state index in [0.717, 1.165) is 42.8 Å². The fourth-order valence-corrected chi connectivity index (χ4v) is 3.28. The monoisotopic (exact) mass is 333 g/mol. The van der Waals surface area contributed by atoms with Gasteiger partial charge < -0.3 is 20.3 Å². The van der Waals surface area contributed by atoms with E-state index < -0.39 is 5.91 Å². The van der Waals surface area contributed by atoms with Crippen molar-refractivity contribution < 1.29 is 9.53 Å². The van der Waals surface area contributed by atoms with E-state index in [2.05, 4.69) is 19.2 Å². The third-order valence-electron chi connectivity index (χ3n) is 3.80. The number of amides is 1. The average Bonchev–Trinajstić information content (AvgIpc) is 3.04. The number of hydrogen-bond donors (Lipinski definition) is 1. The minimum absolute atomic E-state index is 0.399. The third-order valence-corrected chi connectivity index (χ3v) is 4.61. The van der Waals surface area contributed by atoms with E-state index in [4.69, 9.17) is 10.5 Å². The van der Waals surface area contributed by atoms with Crippen LogP contribution in [0.1, 0.15) is 16.2 Å². The molecule has 0 radical (unpaired) electrons. The lowest BCUT2D eigenvalue weighted by Gasteiger charge is -2.35. The maximum Gasteiger partial charge on any atom is 0.248 e. The molecule has 1 fully saturated rings. The first-order chi connectivity index (χ1) is 11.2. The Hall–Kier alpha value is -2.19. The van der Waals surface area contributed by atoms with Crippen LogP contribution in [0.4, 0.5) is 10.8 Å². The summed E-state index contributed by atoms with van der Waals surface area (Å²) in [7, 11) is 1.64. The molecule has 0 aliphatic carbocycles. The number of piperazine rings is 1. The molecule has 0 bridgehead atoms. The minimum atomic E-state index is -0.399. The molecule has 0 saturated carbocycles. The molecular formula is C15H19N5O2S. The number of rotatable bonds is 5. The lowest BCUT2D eigenvalue weighted by Crippen LogP contribution is -2.46. The summed E-state index contributed by atoms with van der Waals surface area (Å²) in [4.78, 5) is 20.1. The zero-order valence-corrected chi connectivity index (χ0v) is 13.8. The number of nitrogens with zero attached hydrogens (tertiary/aromatic N) is 4. The van der Waals surface area contributed by atoms with Crippen molar-refractivity contribution >= 4 is 28.3 Å². The van der Waals surface area contributed by atoms with Crippen molar-refractivity contribution in [1.29, 1.82) is 0 Å². The van der Waals surface area contributed by atoms with Gasteiger partial charge in [0.2, 0.25) is 11.0 Å². The molecular weight excluding hydrogens is 314 g/mol. The van der Waals surface area contributed by atoms with E-state index in [0.29, 0.717) is 12.2 Å². The molecule has 7 nitrogen and oxygen atoms in total. The number of primary amides is 1. The van der Waals surface area contributed by atoms with E-state index >= 15 is 0 Å². The SMILES string of the molecule is COCc1nsc(N2CCN(c3ccc(C(N)=O)cc3)CC2)n1. The number of aromatic nitrogens is 2. The van der Waals surface area contributed by atoms with E-state index in [1.54, 1.807) is 19.2 Å². The van der Waals surface area contributed by atoms with Gasteiger partial charge in [-0.05, 0) is 24.3 Å². The van der Waals surface area contributed by atoms with E-state index in [-0.39, 0.29) is 0 Å². The van der Waals surface area contributed by atoms with Gasteiger partial charge in [0.15, 0.2) is 5.82 Å². The van der Waals surface area contributed by atoms with E-state index in [1.807, 2.05) is 12.1 Å². The molecule has 1 aliphatic rings. The van der Waals surface area contributed by atoms with Crippen molar-refractivity contribution in [3.05, 3.63) is 35.7 Å². The molecule has 1 aromatic heterocycles. The number of ether oxygens (including phenoxy) is 1. The van der Waals surface area contributed by atoms with Crippen molar-refractivity contribution in [2.24, 2.45) is 5.73 Å². The molecule has 2 heterocycles. The maximum absolute atomic E-state index is 11.1. The van der Waals surface area contributed by atoms with Crippen LogP contribution in [0.5, 0.6) is 0 Å². The summed E-state index contributed by atoms with van der Waals surface area (Å²) < 4.78 is 9.34. The van der Waals surface area contributed by atoms with Crippen LogP contribution >= 0.6 is 11.5 Å². The van der Waals surface area contributed by atoms with Gasteiger partial charge in [0.05, 0.1) is 0 Å². The number of carbonyl (C=O) groups excluding carboxylic acids is 1. The minimum Gasteiger partial charge on any atom is -0.377 e. The van der Waals surface area contributed by atoms with Gasteiger partial charge in [0.25, 0.3) is 0 Å². The molecule has 23 heavy (non-hydrogen) atoms. The Morgan fingerprint density at radius 3 is 2.48 bits per heavy atom. The highest BCUT2D eigenvalue weighted by atomic mass is 32.1. The molecule has 0 spiro atoms. The molecule has 8 heteroatoms. The molecule has 2 N–H and O–H groups in total. The molecule has 3 rings (SSSR count). The summed E-state index contributed by atoms with van der Waals surface area (Å²) in [6.45, 7) is 4.02. The van der Waals surface area contributed by atoms with Gasteiger partial charge in [-0.15, -0.1) is 0 Å². The molecule has 122 valence electrons. The topological polar surface area (TPSA) is 84.6 Å². The zero-order chi connectivity index (χ0) is 16.2. The van der Waals surface area contributed by atoms with Crippen LogP contribution in [0, 0.1) is 0 Å². The molecule has 1 aromatic carbocycles. The van der Waals surface area contributed by atoms with Crippen LogP contribution in [0.3, 0.4) is 0 Å². The quantitative estimate of drug-likeness (QED) is 0.882. The van der Waals surface area contributed by atoms with E-state index in [9.17, 15) is 4.79 Å². The fraction of sp³-hybridized carbons (Fsp3) is 0.400. The second-order valence-corrected chi connectivity index (χ2v) is 6.04. The molecule has 1 aliphatic heterocycles. The Bertz CT molecular complexity index is 665. The van der Waals surface area contributed by atoms with Crippen molar-refractivity contribution in [2.45, 2.75) is 6.61 Å². The molecule has 1 amide bonds. The second kappa shape index (κ2) is 6.93. The van der Waals surface area contributed by atoms with Gasteiger partial charge in [-0.2, -0.15) is 4.37 Å². The highest BCUT2D eigenvalue weighted by molar-refractivity contribution is 7.09. The van der Waals surface area contributed by atoms with Gasteiger partial charge in [-0.3, -0.25) is 4.79 Å². The van der Waals surface area contributed by atoms with Crippen molar-refractivity contribution in [1.82, 2.24) is 9.36 Å². The standard InChI is InChI=1S/C15H19N5O2S/c1-22-10-13-17-15(23-18-13)20-8-6-19(7-9-20)12-4-2-11(3-5-12)14(16)21/h2-5H,6-10H2,1H3,(H2,16,21). The number of nitrogens with two attached hydrogens (primary N) is 1. The van der Waals surface area contributed by atoms with Crippen LogP contribution < -0.4 is 15.5 Å². The number of benzene rings is 1. The first kappa shape index (κ1) is 15.7. The Kier molecular flexibility index (Phi) is 4.73. The highest BCUT2D eigenvalue weighted by Gasteiger charge is 2.20. The zero-order valence-electron chi connectivity index (χ0n) is 12.9. The summed E-state index contributed by atoms with van der Waals surface area (Å²) in [6.07, 6.45) is 0. The number of methoxy groups -OCH3 is 1. The first-order valence-electron chi connectivity index (χ1n) is 7.38. The van der Waals surface area contributed by atoms with Crippen molar-refractivity contribution in [2.75, 3.05) is 43.1 Å². The van der Waals surface area contributed by atoms with Gasteiger partial charge in [-0.25, -0.2) is 4.98 Å². The number of anilines is 2. The summed E-state index contributed by atoms with van der Waals surface area (Å²) in [5.74, 6) is 0.335. The smallest absolute Gasteiger partial charge is 0.248 e. The Labute approximate surface area is 138 Å². The predicted molar refractivity (Wildman–Crippen MR) is 90.0 cm³/mol. The van der Waals surface area contributed by atoms with E-state index in [1.165, 1.54) is 11.5 Å². The van der Waals surface area contributed by atoms with Gasteiger partial charge in [0.1, 0.15) is 6.61 Å². The van der Waals surface area contributed by atoms with Crippen LogP contribution in [0.25, 0.3) is 0 Å². The number of hydrogen-bond acceptors (Lipinski definition) is 7. The molecule has 0 atom stereocenters. The summed E-state index contributed by atoms with van der Waals surface area (Å²) in [5, 5.41) is 0.945. The lowest BCUT2D eigenvalue weighted by molar-refractivity contribution is 0.100. The predicted octanol–water partition coefficient (Wildman–Crippen LogP) is 1.11. The highest BCUT2D eigenvalue weighted by Crippen LogP contribution is 2.22. The average molecular weight is 333 g/mol. The van der Waals surface area contributed by atoms with Crippen LogP contribution in [-0.2, 0) is 11.3 Å². The fourth-order valence-electron chi connectivity index (χ4n) is 2.55. The Balaban J connectivity index is 1.60. The summed E-state index contributed by atoms with van der Waals surface area (Å²) >= 11 is 1.41. The third kappa shape index (κ3) is 3.59. The van der Waals surface area contributed by atoms with Crippen molar-refractivity contribution in [3.8, 4) is 0 Å². The lowest BCUT2D eigenvalue weighted by atomic mass is 10.1. The van der Waals surface area contributed by atoms with Crippen molar-refractivity contribution in [3.63, 3.8) is 0 Å². The van der Waals surface area contributed by atoms with Crippen LogP contribution in [0.15, 0.2) is 24.3 Å². The maximum atomic E-state index is 11.1. The van der Waals surface area contributed by atoms with Gasteiger partial charge in [-0.1, -0.05) is 0 Å². The molecule has 0 unspecified atom stereocenters. The molecule has 1 saturated heterocycles. The van der Waals surface area contributed by atoms with Crippen LogP contribution in [0.2, 0.25) is 0 Å². The largest absolute Gasteiger partial charge is 0.377 e. The Morgan fingerprint density at radius 2 is 1.87 bits per heavy atom. The van der Waals surface area contributed by atoms with Gasteiger partial charge >= 0.3 is 0 Å². The first-order valence-corrected chi connectivity index (χ1v) is 8.16. The van der Waals surface area contributed by atoms with Gasteiger partial charge in [0, 0.05) is 56.1 Å². The number of carbonyl (C=O) groups is 1. The summed E-state index contributed by atoms with van der Waals surface area (Å²) in [6, 6.07) is 7.42. The molecule has 2 aromatic rings. The second-order valence-electron chi connectivity index (χ2n) is 5.31. The Morgan fingerprint density at radius 1 is 1.22 bits per heavy atom. The van der Waals surface area contributed by atoms with Crippen LogP contribution in [-0.4, -0.2) is 48.6 Å².